The number of imide groups is 1. The first-order chi connectivity index (χ1) is 17.0. The minimum absolute atomic E-state index is 0.307. The number of benzene rings is 3. The number of hydrogen-bond donors (Lipinski definition) is 0. The Morgan fingerprint density at radius 2 is 1.49 bits per heavy atom. The molecule has 170 valence electrons. The summed E-state index contributed by atoms with van der Waals surface area (Å²) in [7, 11) is 0. The molecule has 6 rings (SSSR count). The molecule has 0 spiro atoms. The molecule has 0 unspecified atom stereocenters. The first-order valence-corrected chi connectivity index (χ1v) is 12.2. The van der Waals surface area contributed by atoms with Crippen LogP contribution in [0.3, 0.4) is 0 Å². The molecule has 5 nitrogen and oxygen atoms in total. The Morgan fingerprint density at radius 3 is 2.20 bits per heavy atom. The molecule has 1 aliphatic rings. The fourth-order valence-electron chi connectivity index (χ4n) is 4.31. The zero-order valence-corrected chi connectivity index (χ0v) is 20.2. The summed E-state index contributed by atoms with van der Waals surface area (Å²) in [6.45, 7) is 2.04. The van der Waals surface area contributed by atoms with E-state index in [2.05, 4.69) is 12.1 Å². The second-order valence-electron chi connectivity index (χ2n) is 8.25. The van der Waals surface area contributed by atoms with Crippen molar-refractivity contribution in [2.75, 3.05) is 4.90 Å². The predicted octanol–water partition coefficient (Wildman–Crippen LogP) is 6.94. The van der Waals surface area contributed by atoms with Gasteiger partial charge in [-0.05, 0) is 67.6 Å². The van der Waals surface area contributed by atoms with Gasteiger partial charge >= 0.3 is 0 Å². The summed E-state index contributed by atoms with van der Waals surface area (Å²) in [5.41, 5.74) is 4.26. The summed E-state index contributed by atoms with van der Waals surface area (Å²) in [5.74, 6) is -0.754. The highest BCUT2D eigenvalue weighted by atomic mass is 35.5. The average molecular weight is 496 g/mol. The minimum atomic E-state index is -0.378. The van der Waals surface area contributed by atoms with Gasteiger partial charge < -0.3 is 4.57 Å². The number of halogens is 1. The normalized spacial score (nSPS) is 13.0. The average Bonchev–Trinajstić information content (AvgIpc) is 3.34. The summed E-state index contributed by atoms with van der Waals surface area (Å²) in [6, 6.07) is 28.2. The van der Waals surface area contributed by atoms with E-state index in [1.54, 1.807) is 41.0 Å². The fraction of sp³-hybridized carbons (Fsp3) is 0.0357. The van der Waals surface area contributed by atoms with Gasteiger partial charge in [0.05, 0.1) is 16.8 Å². The van der Waals surface area contributed by atoms with Gasteiger partial charge in [-0.2, -0.15) is 0 Å². The van der Waals surface area contributed by atoms with Gasteiger partial charge in [-0.1, -0.05) is 59.3 Å². The van der Waals surface area contributed by atoms with Crippen LogP contribution in [0.1, 0.15) is 26.4 Å². The third kappa shape index (κ3) is 3.62. The van der Waals surface area contributed by atoms with E-state index in [9.17, 15) is 9.59 Å². The van der Waals surface area contributed by atoms with Crippen molar-refractivity contribution in [3.05, 3.63) is 113 Å². The Labute approximate surface area is 211 Å². The number of anilines is 1. The van der Waals surface area contributed by atoms with Crippen molar-refractivity contribution in [3.8, 4) is 5.69 Å². The molecule has 0 saturated heterocycles. The van der Waals surface area contributed by atoms with Crippen LogP contribution < -0.4 is 4.90 Å². The lowest BCUT2D eigenvalue weighted by molar-refractivity contribution is 0.0924. The Balaban J connectivity index is 1.55. The molecule has 2 amide bonds. The van der Waals surface area contributed by atoms with Crippen molar-refractivity contribution in [2.24, 2.45) is 0 Å². The molecule has 0 aliphatic carbocycles. The topological polar surface area (TPSA) is 55.2 Å². The third-order valence-electron chi connectivity index (χ3n) is 5.95. The maximum atomic E-state index is 13.7. The lowest BCUT2D eigenvalue weighted by atomic mass is 10.2. The molecule has 3 heterocycles. The van der Waals surface area contributed by atoms with Gasteiger partial charge in [0.15, 0.2) is 0 Å². The van der Waals surface area contributed by atoms with Gasteiger partial charge in [0.25, 0.3) is 11.8 Å². The number of aromatic nitrogens is 2. The number of carbonyl (C=O) groups is 2. The number of aryl methyl sites for hydroxylation is 1. The van der Waals surface area contributed by atoms with E-state index in [-0.39, 0.29) is 11.8 Å². The zero-order chi connectivity index (χ0) is 24.1. The Hall–Kier alpha value is -3.87. The van der Waals surface area contributed by atoms with Crippen molar-refractivity contribution in [1.82, 2.24) is 9.55 Å². The summed E-state index contributed by atoms with van der Waals surface area (Å²) >= 11 is 7.63. The molecule has 0 saturated carbocycles. The lowest BCUT2D eigenvalue weighted by Crippen LogP contribution is -2.30. The summed E-state index contributed by atoms with van der Waals surface area (Å²) in [5, 5.41) is 1.33. The Morgan fingerprint density at radius 1 is 0.771 bits per heavy atom. The van der Waals surface area contributed by atoms with Crippen molar-refractivity contribution < 1.29 is 9.59 Å². The van der Waals surface area contributed by atoms with Gasteiger partial charge in [0.2, 0.25) is 0 Å². The van der Waals surface area contributed by atoms with E-state index < -0.39 is 0 Å². The molecule has 2 aromatic heterocycles. The SMILES string of the molecule is Cc1ccc(Sc2ccc3c(n2)c2c(n3-c3ccc(Cl)cc3)C(=O)N(c3ccccc3)C2=O)cc1. The highest BCUT2D eigenvalue weighted by molar-refractivity contribution is 7.99. The van der Waals surface area contributed by atoms with Crippen LogP contribution in [-0.4, -0.2) is 21.4 Å². The van der Waals surface area contributed by atoms with E-state index in [1.165, 1.54) is 22.2 Å². The number of para-hydroxylation sites is 1. The summed E-state index contributed by atoms with van der Waals surface area (Å²) < 4.78 is 1.80. The Kier molecular flexibility index (Phi) is 5.20. The second-order valence-corrected chi connectivity index (χ2v) is 9.78. The standard InChI is InChI=1S/C28H18ClN3O2S/c1-17-7-13-21(14-8-17)35-23-16-15-22-25(30-23)24-26(31(22)20-11-9-18(29)10-12-20)28(34)32(27(24)33)19-5-3-2-4-6-19/h2-16H,1H3. The van der Waals surface area contributed by atoms with Crippen LogP contribution in [0.25, 0.3) is 16.7 Å². The van der Waals surface area contributed by atoms with Crippen LogP contribution in [0.4, 0.5) is 5.69 Å². The Bertz CT molecular complexity index is 1610. The molecule has 0 bridgehead atoms. The van der Waals surface area contributed by atoms with Crippen molar-refractivity contribution >= 4 is 51.9 Å². The molecule has 5 aromatic rings. The largest absolute Gasteiger partial charge is 0.303 e. The zero-order valence-electron chi connectivity index (χ0n) is 18.6. The van der Waals surface area contributed by atoms with E-state index in [4.69, 9.17) is 16.6 Å². The van der Waals surface area contributed by atoms with Gasteiger partial charge in [-0.15, -0.1) is 0 Å². The number of hydrogen-bond acceptors (Lipinski definition) is 4. The van der Waals surface area contributed by atoms with Crippen LogP contribution in [0.2, 0.25) is 5.02 Å². The first kappa shape index (κ1) is 21.6. The van der Waals surface area contributed by atoms with Crippen molar-refractivity contribution in [3.63, 3.8) is 0 Å². The van der Waals surface area contributed by atoms with Gasteiger partial charge in [-0.3, -0.25) is 9.59 Å². The van der Waals surface area contributed by atoms with Crippen LogP contribution >= 0.6 is 23.4 Å². The maximum absolute atomic E-state index is 13.7. The minimum Gasteiger partial charge on any atom is -0.303 e. The van der Waals surface area contributed by atoms with E-state index in [0.717, 1.165) is 15.6 Å². The molecule has 7 heteroatoms. The highest BCUT2D eigenvalue weighted by Crippen LogP contribution is 2.38. The van der Waals surface area contributed by atoms with Crippen molar-refractivity contribution in [1.29, 1.82) is 0 Å². The number of carbonyl (C=O) groups excluding carboxylic acids is 2. The van der Waals surface area contributed by atoms with Gasteiger partial charge in [-0.25, -0.2) is 9.88 Å². The number of pyridine rings is 1. The van der Waals surface area contributed by atoms with Crippen LogP contribution in [0.15, 0.2) is 101 Å². The van der Waals surface area contributed by atoms with E-state index in [1.807, 2.05) is 49.4 Å². The summed E-state index contributed by atoms with van der Waals surface area (Å²) in [6.07, 6.45) is 0. The molecule has 0 fully saturated rings. The maximum Gasteiger partial charge on any atom is 0.283 e. The van der Waals surface area contributed by atoms with Crippen LogP contribution in [-0.2, 0) is 0 Å². The van der Waals surface area contributed by atoms with E-state index >= 15 is 0 Å². The van der Waals surface area contributed by atoms with Crippen molar-refractivity contribution in [2.45, 2.75) is 16.8 Å². The molecular formula is C28H18ClN3O2S. The molecule has 3 aromatic carbocycles. The highest BCUT2D eigenvalue weighted by Gasteiger charge is 2.43. The van der Waals surface area contributed by atoms with Crippen LogP contribution in [0, 0.1) is 6.92 Å². The third-order valence-corrected chi connectivity index (χ3v) is 7.15. The molecule has 1 aliphatic heterocycles. The second kappa shape index (κ2) is 8.41. The smallest absolute Gasteiger partial charge is 0.283 e. The van der Waals surface area contributed by atoms with Gasteiger partial charge in [0.1, 0.15) is 16.2 Å². The fourth-order valence-corrected chi connectivity index (χ4v) is 5.22. The quantitative estimate of drug-likeness (QED) is 0.253. The first-order valence-electron chi connectivity index (χ1n) is 11.0. The molecule has 0 radical (unpaired) electrons. The number of fused-ring (bicyclic) bond motifs is 3. The molecule has 35 heavy (non-hydrogen) atoms. The lowest BCUT2D eigenvalue weighted by Gasteiger charge is -2.16. The number of amides is 2. The number of nitrogens with zero attached hydrogens (tertiary/aromatic N) is 3. The van der Waals surface area contributed by atoms with E-state index in [0.29, 0.717) is 33.0 Å². The molecule has 0 N–H and O–H groups in total. The molecule has 0 atom stereocenters. The summed E-state index contributed by atoms with van der Waals surface area (Å²) in [4.78, 5) is 34.4. The monoisotopic (exact) mass is 495 g/mol. The predicted molar refractivity (Wildman–Crippen MR) is 139 cm³/mol. The van der Waals surface area contributed by atoms with Crippen LogP contribution in [0.5, 0.6) is 0 Å². The van der Waals surface area contributed by atoms with Gasteiger partial charge in [0, 0.05) is 15.6 Å². The molecular weight excluding hydrogens is 478 g/mol. The number of rotatable bonds is 4.